The first-order valence-electron chi connectivity index (χ1n) is 5.82. The third kappa shape index (κ3) is 2.46. The number of allylic oxidation sites excluding steroid dienone is 4. The first-order chi connectivity index (χ1) is 8.08. The summed E-state index contributed by atoms with van der Waals surface area (Å²) in [4.78, 5) is 16.2. The van der Waals surface area contributed by atoms with Crippen molar-refractivity contribution in [2.75, 3.05) is 0 Å². The summed E-state index contributed by atoms with van der Waals surface area (Å²) in [7, 11) is 0. The van der Waals surface area contributed by atoms with Crippen molar-refractivity contribution >= 4 is 11.7 Å². The Morgan fingerprint density at radius 1 is 1.59 bits per heavy atom. The van der Waals surface area contributed by atoms with Crippen LogP contribution in [0.25, 0.3) is 0 Å². The highest BCUT2D eigenvalue weighted by Crippen LogP contribution is 2.27. The Kier molecular flexibility index (Phi) is 3.13. The van der Waals surface area contributed by atoms with Gasteiger partial charge in [0, 0.05) is 12.0 Å². The van der Waals surface area contributed by atoms with Gasteiger partial charge in [0.2, 0.25) is 0 Å². The van der Waals surface area contributed by atoms with E-state index < -0.39 is 0 Å². The number of carbonyl (C=O) groups is 1. The fraction of sp³-hybridized carbons (Fsp3) is 0.385. The molecule has 4 nitrogen and oxygen atoms in total. The molecule has 1 heterocycles. The van der Waals surface area contributed by atoms with Crippen LogP contribution in [0.15, 0.2) is 40.6 Å². The minimum atomic E-state index is -0.144. The fourth-order valence-corrected chi connectivity index (χ4v) is 1.93. The third-order valence-corrected chi connectivity index (χ3v) is 2.73. The highest BCUT2D eigenvalue weighted by atomic mass is 16.1. The number of aliphatic imine (C=N–C) groups is 1. The van der Waals surface area contributed by atoms with Crippen molar-refractivity contribution in [1.82, 2.24) is 5.32 Å². The maximum Gasteiger partial charge on any atom is 0.254 e. The van der Waals surface area contributed by atoms with Gasteiger partial charge in [-0.05, 0) is 26.3 Å². The molecule has 3 N–H and O–H groups in total. The van der Waals surface area contributed by atoms with E-state index in [2.05, 4.69) is 16.4 Å². The maximum absolute atomic E-state index is 11.9. The van der Waals surface area contributed by atoms with Gasteiger partial charge in [-0.15, -0.1) is 0 Å². The summed E-state index contributed by atoms with van der Waals surface area (Å²) in [5.41, 5.74) is 7.25. The predicted molar refractivity (Wildman–Crippen MR) is 68.3 cm³/mol. The van der Waals surface area contributed by atoms with Gasteiger partial charge in [0.25, 0.3) is 5.91 Å². The molecule has 0 fully saturated rings. The molecular formula is C13H17N3O. The molecule has 0 aromatic heterocycles. The molecule has 0 saturated carbocycles. The zero-order valence-electron chi connectivity index (χ0n) is 10.1. The van der Waals surface area contributed by atoms with E-state index in [-0.39, 0.29) is 17.9 Å². The van der Waals surface area contributed by atoms with Gasteiger partial charge in [0.1, 0.15) is 5.84 Å². The number of amidine groups is 1. The molecule has 0 spiro atoms. The highest BCUT2D eigenvalue weighted by Gasteiger charge is 2.24. The lowest BCUT2D eigenvalue weighted by molar-refractivity contribution is -0.117. The van der Waals surface area contributed by atoms with Crippen LogP contribution in [-0.2, 0) is 4.79 Å². The van der Waals surface area contributed by atoms with E-state index in [4.69, 9.17) is 5.73 Å². The molecule has 2 rings (SSSR count). The molecule has 0 bridgehead atoms. The van der Waals surface area contributed by atoms with Gasteiger partial charge in [0.05, 0.1) is 11.3 Å². The summed E-state index contributed by atoms with van der Waals surface area (Å²) in [5.74, 6) is 0.344. The maximum atomic E-state index is 11.9. The van der Waals surface area contributed by atoms with Crippen molar-refractivity contribution in [2.45, 2.75) is 26.3 Å². The SMILES string of the molecule is CC(C)NC(=O)C1=CC2CC=CC=C2N=C1N. The van der Waals surface area contributed by atoms with Crippen LogP contribution in [0.5, 0.6) is 0 Å². The van der Waals surface area contributed by atoms with Crippen LogP contribution < -0.4 is 11.1 Å². The molecule has 1 atom stereocenters. The molecule has 0 saturated heterocycles. The third-order valence-electron chi connectivity index (χ3n) is 2.73. The number of rotatable bonds is 2. The average molecular weight is 231 g/mol. The minimum Gasteiger partial charge on any atom is -0.383 e. The van der Waals surface area contributed by atoms with Crippen molar-refractivity contribution < 1.29 is 4.79 Å². The zero-order valence-corrected chi connectivity index (χ0v) is 10.1. The summed E-state index contributed by atoms with van der Waals surface area (Å²) in [6.07, 6.45) is 8.76. The number of fused-ring (bicyclic) bond motifs is 1. The van der Waals surface area contributed by atoms with Gasteiger partial charge >= 0.3 is 0 Å². The largest absolute Gasteiger partial charge is 0.383 e. The first kappa shape index (κ1) is 11.6. The second-order valence-corrected chi connectivity index (χ2v) is 4.57. The number of nitrogens with zero attached hydrogens (tertiary/aromatic N) is 1. The van der Waals surface area contributed by atoms with Crippen molar-refractivity contribution in [1.29, 1.82) is 0 Å². The summed E-state index contributed by atoms with van der Waals surface area (Å²) in [6.45, 7) is 3.84. The molecule has 1 unspecified atom stereocenters. The Balaban J connectivity index is 2.23. The van der Waals surface area contributed by atoms with Gasteiger partial charge in [-0.2, -0.15) is 0 Å². The Morgan fingerprint density at radius 3 is 3.06 bits per heavy atom. The van der Waals surface area contributed by atoms with Gasteiger partial charge < -0.3 is 11.1 Å². The number of hydrogen-bond acceptors (Lipinski definition) is 3. The van der Waals surface area contributed by atoms with Gasteiger partial charge in [-0.1, -0.05) is 18.2 Å². The first-order valence-corrected chi connectivity index (χ1v) is 5.82. The van der Waals surface area contributed by atoms with E-state index in [0.717, 1.165) is 12.1 Å². The van der Waals surface area contributed by atoms with Crippen LogP contribution in [0, 0.1) is 5.92 Å². The lowest BCUT2D eigenvalue weighted by Gasteiger charge is -2.22. The summed E-state index contributed by atoms with van der Waals surface area (Å²) in [5, 5.41) is 2.83. The van der Waals surface area contributed by atoms with Crippen LogP contribution in [0.1, 0.15) is 20.3 Å². The van der Waals surface area contributed by atoms with E-state index in [0.29, 0.717) is 11.4 Å². The number of nitrogens with two attached hydrogens (primary N) is 1. The van der Waals surface area contributed by atoms with Crippen LogP contribution in [0.4, 0.5) is 0 Å². The Morgan fingerprint density at radius 2 is 2.35 bits per heavy atom. The number of dihydropyridines is 1. The molecule has 1 aliphatic carbocycles. The van der Waals surface area contributed by atoms with Crippen molar-refractivity contribution in [3.8, 4) is 0 Å². The fourth-order valence-electron chi connectivity index (χ4n) is 1.93. The highest BCUT2D eigenvalue weighted by molar-refractivity contribution is 6.21. The topological polar surface area (TPSA) is 67.5 Å². The van der Waals surface area contributed by atoms with Crippen LogP contribution in [-0.4, -0.2) is 17.8 Å². The van der Waals surface area contributed by atoms with Crippen molar-refractivity contribution in [3.63, 3.8) is 0 Å². The van der Waals surface area contributed by atoms with E-state index in [9.17, 15) is 4.79 Å². The average Bonchev–Trinajstić information content (AvgIpc) is 2.27. The smallest absolute Gasteiger partial charge is 0.254 e. The second kappa shape index (κ2) is 4.57. The Labute approximate surface area is 101 Å². The molecule has 0 aromatic rings. The number of carbonyl (C=O) groups excluding carboxylic acids is 1. The van der Waals surface area contributed by atoms with Gasteiger partial charge in [-0.3, -0.25) is 4.79 Å². The summed E-state index contributed by atoms with van der Waals surface area (Å²) in [6, 6.07) is 0.0967. The molecule has 4 heteroatoms. The molecule has 2 aliphatic rings. The lowest BCUT2D eigenvalue weighted by Crippen LogP contribution is -2.37. The monoisotopic (exact) mass is 231 g/mol. The molecule has 1 aliphatic heterocycles. The number of hydrogen-bond donors (Lipinski definition) is 2. The second-order valence-electron chi connectivity index (χ2n) is 4.57. The Hall–Kier alpha value is -1.84. The number of nitrogens with one attached hydrogen (secondary N) is 1. The standard InChI is InChI=1S/C13H17N3O/c1-8(2)15-13(17)10-7-9-5-3-4-6-11(9)16-12(10)14/h3-4,6-9H,5H2,1-2H3,(H2,14,16)(H,15,17). The molecule has 1 amide bonds. The van der Waals surface area contributed by atoms with E-state index >= 15 is 0 Å². The normalized spacial score (nSPS) is 22.5. The minimum absolute atomic E-state index is 0.0967. The molecule has 90 valence electrons. The van der Waals surface area contributed by atoms with E-state index in [1.807, 2.05) is 32.1 Å². The zero-order chi connectivity index (χ0) is 12.4. The van der Waals surface area contributed by atoms with Crippen LogP contribution in [0.2, 0.25) is 0 Å². The van der Waals surface area contributed by atoms with Crippen LogP contribution >= 0.6 is 0 Å². The lowest BCUT2D eigenvalue weighted by atomic mass is 9.91. The quantitative estimate of drug-likeness (QED) is 0.751. The van der Waals surface area contributed by atoms with Gasteiger partial charge in [-0.25, -0.2) is 4.99 Å². The molecule has 17 heavy (non-hydrogen) atoms. The summed E-state index contributed by atoms with van der Waals surface area (Å²) < 4.78 is 0. The predicted octanol–water partition coefficient (Wildman–Crippen LogP) is 1.27. The Bertz CT molecular complexity index is 455. The van der Waals surface area contributed by atoms with E-state index in [1.165, 1.54) is 0 Å². The molecule has 0 radical (unpaired) electrons. The van der Waals surface area contributed by atoms with E-state index in [1.54, 1.807) is 0 Å². The van der Waals surface area contributed by atoms with Crippen molar-refractivity contribution in [2.24, 2.45) is 16.6 Å². The summed E-state index contributed by atoms with van der Waals surface area (Å²) >= 11 is 0. The molecular weight excluding hydrogens is 214 g/mol. The molecule has 0 aromatic carbocycles. The number of amides is 1. The van der Waals surface area contributed by atoms with Crippen LogP contribution in [0.3, 0.4) is 0 Å². The van der Waals surface area contributed by atoms with Gasteiger partial charge in [0.15, 0.2) is 0 Å². The van der Waals surface area contributed by atoms with Crippen molar-refractivity contribution in [3.05, 3.63) is 35.6 Å².